The molecule has 2 heterocycles. The van der Waals surface area contributed by atoms with Crippen LogP contribution in [0.4, 0.5) is 4.39 Å². The molecule has 0 fully saturated rings. The summed E-state index contributed by atoms with van der Waals surface area (Å²) in [7, 11) is 0. The van der Waals surface area contributed by atoms with E-state index in [0.717, 1.165) is 16.5 Å². The minimum Gasteiger partial charge on any atom is -0.441 e. The van der Waals surface area contributed by atoms with Crippen LogP contribution in [0, 0.1) is 5.82 Å². The van der Waals surface area contributed by atoms with Crippen LogP contribution in [0.1, 0.15) is 5.89 Å². The van der Waals surface area contributed by atoms with Gasteiger partial charge in [-0.2, -0.15) is 0 Å². The highest BCUT2D eigenvalue weighted by molar-refractivity contribution is 5.94. The van der Waals surface area contributed by atoms with Crippen LogP contribution in [0.2, 0.25) is 0 Å². The zero-order valence-corrected chi connectivity index (χ0v) is 9.61. The molecule has 92 valence electrons. The van der Waals surface area contributed by atoms with E-state index < -0.39 is 0 Å². The predicted molar refractivity (Wildman–Crippen MR) is 66.5 cm³/mol. The highest BCUT2D eigenvalue weighted by Crippen LogP contribution is 2.29. The average Bonchev–Trinajstić information content (AvgIpc) is 2.95. The Morgan fingerprint density at radius 1 is 1.39 bits per heavy atom. The van der Waals surface area contributed by atoms with Gasteiger partial charge in [-0.05, 0) is 18.2 Å². The monoisotopic (exact) mass is 245 g/mol. The molecular weight excluding hydrogens is 233 g/mol. The molecule has 2 aromatic heterocycles. The number of nitrogens with zero attached hydrogens (tertiary/aromatic N) is 1. The summed E-state index contributed by atoms with van der Waals surface area (Å²) in [5.74, 6) is 0.943. The van der Waals surface area contributed by atoms with Gasteiger partial charge in [-0.3, -0.25) is 0 Å². The lowest BCUT2D eigenvalue weighted by molar-refractivity contribution is 0.508. The molecule has 0 aliphatic rings. The number of benzene rings is 1. The molecule has 0 bridgehead atoms. The summed E-state index contributed by atoms with van der Waals surface area (Å²) in [5.41, 5.74) is 7.11. The normalized spacial score (nSPS) is 11.2. The molecule has 3 rings (SSSR count). The third-order valence-corrected chi connectivity index (χ3v) is 2.82. The van der Waals surface area contributed by atoms with E-state index in [0.29, 0.717) is 24.6 Å². The number of aromatic amines is 1. The summed E-state index contributed by atoms with van der Waals surface area (Å²) in [6.07, 6.45) is 4.02. The van der Waals surface area contributed by atoms with Gasteiger partial charge in [0.1, 0.15) is 5.82 Å². The summed E-state index contributed by atoms with van der Waals surface area (Å²) >= 11 is 0. The average molecular weight is 245 g/mol. The Kier molecular flexibility index (Phi) is 2.60. The molecule has 0 atom stereocenters. The van der Waals surface area contributed by atoms with Gasteiger partial charge in [0.25, 0.3) is 0 Å². The number of fused-ring (bicyclic) bond motifs is 1. The Balaban J connectivity index is 2.09. The second-order valence-electron chi connectivity index (χ2n) is 4.05. The van der Waals surface area contributed by atoms with Gasteiger partial charge in [-0.15, -0.1) is 0 Å². The smallest absolute Gasteiger partial charge is 0.196 e. The third-order valence-electron chi connectivity index (χ3n) is 2.82. The van der Waals surface area contributed by atoms with Gasteiger partial charge in [0.2, 0.25) is 0 Å². The molecular formula is C13H12FN3O. The van der Waals surface area contributed by atoms with Crippen molar-refractivity contribution in [2.75, 3.05) is 6.54 Å². The SMILES string of the molecule is NCCc1ncc(-c2c[nH]c3ccc(F)cc23)o1. The Morgan fingerprint density at radius 2 is 2.28 bits per heavy atom. The number of hydrogen-bond acceptors (Lipinski definition) is 3. The first-order chi connectivity index (χ1) is 8.78. The van der Waals surface area contributed by atoms with E-state index in [1.165, 1.54) is 12.1 Å². The number of nitrogens with one attached hydrogen (secondary N) is 1. The molecule has 0 amide bonds. The summed E-state index contributed by atoms with van der Waals surface area (Å²) in [4.78, 5) is 7.21. The van der Waals surface area contributed by atoms with Gasteiger partial charge >= 0.3 is 0 Å². The van der Waals surface area contributed by atoms with E-state index in [1.807, 2.05) is 0 Å². The number of aromatic nitrogens is 2. The lowest BCUT2D eigenvalue weighted by atomic mass is 10.1. The van der Waals surface area contributed by atoms with Crippen molar-refractivity contribution in [2.45, 2.75) is 6.42 Å². The van der Waals surface area contributed by atoms with Crippen LogP contribution in [0.25, 0.3) is 22.2 Å². The van der Waals surface area contributed by atoms with Crippen LogP contribution in [0.15, 0.2) is 35.0 Å². The lowest BCUT2D eigenvalue weighted by Gasteiger charge is -1.95. The molecule has 3 N–H and O–H groups in total. The summed E-state index contributed by atoms with van der Waals surface area (Å²) in [6.45, 7) is 0.489. The van der Waals surface area contributed by atoms with Crippen LogP contribution in [-0.2, 0) is 6.42 Å². The fourth-order valence-corrected chi connectivity index (χ4v) is 1.97. The maximum atomic E-state index is 13.3. The highest BCUT2D eigenvalue weighted by Gasteiger charge is 2.11. The first-order valence-corrected chi connectivity index (χ1v) is 5.69. The summed E-state index contributed by atoms with van der Waals surface area (Å²) < 4.78 is 18.8. The molecule has 0 saturated carbocycles. The predicted octanol–water partition coefficient (Wildman–Crippen LogP) is 2.46. The number of nitrogens with two attached hydrogens (primary N) is 1. The number of halogens is 1. The van der Waals surface area contributed by atoms with Gasteiger partial charge < -0.3 is 15.1 Å². The standard InChI is InChI=1S/C13H12FN3O/c14-8-1-2-11-9(5-8)10(6-16-11)12-7-17-13(18-12)3-4-15/h1-2,5-7,16H,3-4,15H2. The molecule has 1 aromatic carbocycles. The maximum Gasteiger partial charge on any atom is 0.196 e. The van der Waals surface area contributed by atoms with Crippen molar-refractivity contribution in [3.8, 4) is 11.3 Å². The molecule has 0 spiro atoms. The van der Waals surface area contributed by atoms with E-state index in [-0.39, 0.29) is 5.82 Å². The molecule has 0 saturated heterocycles. The van der Waals surface area contributed by atoms with Crippen LogP contribution in [0.3, 0.4) is 0 Å². The molecule has 0 aliphatic heterocycles. The molecule has 0 radical (unpaired) electrons. The molecule has 3 aromatic rings. The minimum atomic E-state index is -0.273. The van der Waals surface area contributed by atoms with E-state index >= 15 is 0 Å². The van der Waals surface area contributed by atoms with Gasteiger partial charge in [0.05, 0.1) is 6.20 Å². The van der Waals surface area contributed by atoms with E-state index in [1.54, 1.807) is 18.5 Å². The van der Waals surface area contributed by atoms with E-state index in [4.69, 9.17) is 10.2 Å². The minimum absolute atomic E-state index is 0.273. The fraction of sp³-hybridized carbons (Fsp3) is 0.154. The Morgan fingerprint density at radius 3 is 3.11 bits per heavy atom. The van der Waals surface area contributed by atoms with Gasteiger partial charge in [-0.25, -0.2) is 9.37 Å². The third kappa shape index (κ3) is 1.78. The number of rotatable bonds is 3. The zero-order chi connectivity index (χ0) is 12.5. The Hall–Kier alpha value is -2.14. The van der Waals surface area contributed by atoms with Crippen LogP contribution >= 0.6 is 0 Å². The quantitative estimate of drug-likeness (QED) is 0.744. The maximum absolute atomic E-state index is 13.3. The van der Waals surface area contributed by atoms with Crippen molar-refractivity contribution in [2.24, 2.45) is 5.73 Å². The second kappa shape index (κ2) is 4.27. The lowest BCUT2D eigenvalue weighted by Crippen LogP contribution is -2.02. The van der Waals surface area contributed by atoms with Crippen molar-refractivity contribution in [1.82, 2.24) is 9.97 Å². The molecule has 4 nitrogen and oxygen atoms in total. The van der Waals surface area contributed by atoms with Crippen molar-refractivity contribution >= 4 is 10.9 Å². The molecule has 18 heavy (non-hydrogen) atoms. The zero-order valence-electron chi connectivity index (χ0n) is 9.61. The number of hydrogen-bond donors (Lipinski definition) is 2. The topological polar surface area (TPSA) is 67.8 Å². The summed E-state index contributed by atoms with van der Waals surface area (Å²) in [5, 5.41) is 0.783. The van der Waals surface area contributed by atoms with Crippen molar-refractivity contribution in [3.63, 3.8) is 0 Å². The largest absolute Gasteiger partial charge is 0.441 e. The van der Waals surface area contributed by atoms with Crippen LogP contribution in [0.5, 0.6) is 0 Å². The van der Waals surface area contributed by atoms with Crippen molar-refractivity contribution in [3.05, 3.63) is 42.3 Å². The van der Waals surface area contributed by atoms with Crippen LogP contribution in [-0.4, -0.2) is 16.5 Å². The first kappa shape index (κ1) is 11.0. The first-order valence-electron chi connectivity index (χ1n) is 5.69. The van der Waals surface area contributed by atoms with E-state index in [9.17, 15) is 4.39 Å². The van der Waals surface area contributed by atoms with Crippen LogP contribution < -0.4 is 5.73 Å². The Bertz CT molecular complexity index is 686. The van der Waals surface area contributed by atoms with Crippen molar-refractivity contribution < 1.29 is 8.81 Å². The number of oxazole rings is 1. The number of H-pyrrole nitrogens is 1. The molecule has 5 heteroatoms. The summed E-state index contributed by atoms with van der Waals surface area (Å²) in [6, 6.07) is 4.60. The highest BCUT2D eigenvalue weighted by atomic mass is 19.1. The Labute approximate surface area is 103 Å². The second-order valence-corrected chi connectivity index (χ2v) is 4.05. The molecule has 0 unspecified atom stereocenters. The van der Waals surface area contributed by atoms with Gasteiger partial charge in [0, 0.05) is 35.6 Å². The molecule has 0 aliphatic carbocycles. The van der Waals surface area contributed by atoms with Gasteiger partial charge in [-0.1, -0.05) is 0 Å². The fourth-order valence-electron chi connectivity index (χ4n) is 1.97. The van der Waals surface area contributed by atoms with E-state index in [2.05, 4.69) is 9.97 Å². The van der Waals surface area contributed by atoms with Crippen molar-refractivity contribution in [1.29, 1.82) is 0 Å². The van der Waals surface area contributed by atoms with Gasteiger partial charge in [0.15, 0.2) is 11.7 Å².